The number of hydrogen-bond acceptors (Lipinski definition) is 9. The Hall–Kier alpha value is -3.90. The molecule has 0 saturated heterocycles. The van der Waals surface area contributed by atoms with E-state index >= 15 is 0 Å². The van der Waals surface area contributed by atoms with Crippen LogP contribution in [0.2, 0.25) is 0 Å². The molecule has 3 aromatic heterocycles. The van der Waals surface area contributed by atoms with Gasteiger partial charge >= 0.3 is 0 Å². The van der Waals surface area contributed by atoms with Crippen molar-refractivity contribution in [2.75, 3.05) is 25.3 Å². The van der Waals surface area contributed by atoms with Crippen LogP contribution in [0, 0.1) is 0 Å². The predicted octanol–water partition coefficient (Wildman–Crippen LogP) is 4.03. The molecule has 1 amide bonds. The van der Waals surface area contributed by atoms with Crippen LogP contribution in [0.15, 0.2) is 52.4 Å². The van der Waals surface area contributed by atoms with E-state index in [0.717, 1.165) is 34.1 Å². The van der Waals surface area contributed by atoms with Crippen LogP contribution in [0.1, 0.15) is 11.9 Å². The van der Waals surface area contributed by atoms with Gasteiger partial charge in [0.15, 0.2) is 16.7 Å². The molecule has 2 N–H and O–H groups in total. The van der Waals surface area contributed by atoms with Crippen molar-refractivity contribution in [2.45, 2.75) is 18.5 Å². The molecule has 0 fully saturated rings. The molecule has 0 aliphatic carbocycles. The summed E-state index contributed by atoms with van der Waals surface area (Å²) in [6, 6.07) is 12.8. The fourth-order valence-electron chi connectivity index (χ4n) is 3.76. The average Bonchev–Trinajstić information content (AvgIpc) is 3.51. The second-order valence-electron chi connectivity index (χ2n) is 7.66. The van der Waals surface area contributed by atoms with E-state index in [0.29, 0.717) is 38.5 Å². The number of benzene rings is 2. The van der Waals surface area contributed by atoms with Crippen molar-refractivity contribution in [3.8, 4) is 17.2 Å². The molecule has 5 aromatic rings. The smallest absolute Gasteiger partial charge is 0.283 e. The van der Waals surface area contributed by atoms with Crippen molar-refractivity contribution in [3.05, 3.63) is 57.8 Å². The quantitative estimate of drug-likeness (QED) is 0.231. The fourth-order valence-corrected chi connectivity index (χ4v) is 5.26. The van der Waals surface area contributed by atoms with Gasteiger partial charge in [0.25, 0.3) is 5.56 Å². The second kappa shape index (κ2) is 9.99. The molecule has 2 aromatic carbocycles. The summed E-state index contributed by atoms with van der Waals surface area (Å²) in [6.07, 6.45) is 0.744. The molecule has 36 heavy (non-hydrogen) atoms. The fraction of sp³-hybridized carbons (Fsp3) is 0.208. The van der Waals surface area contributed by atoms with Crippen molar-refractivity contribution in [1.82, 2.24) is 24.7 Å². The molecular formula is C24H22N6O4S2. The van der Waals surface area contributed by atoms with Gasteiger partial charge in [-0.1, -0.05) is 48.2 Å². The van der Waals surface area contributed by atoms with E-state index in [1.807, 2.05) is 31.2 Å². The molecule has 0 unspecified atom stereocenters. The molecule has 0 bridgehead atoms. The number of amides is 1. The summed E-state index contributed by atoms with van der Waals surface area (Å²) in [5, 5.41) is 13.3. The highest BCUT2D eigenvalue weighted by molar-refractivity contribution is 7.99. The SMILES string of the molecule is CCc1nnc(NC(=O)CSc2nc3c([nH]c4ccccc43)c(=O)n2-c2ccc(OC)c(OC)c2)s1. The summed E-state index contributed by atoms with van der Waals surface area (Å²) in [5.74, 6) is 0.751. The van der Waals surface area contributed by atoms with Crippen molar-refractivity contribution in [1.29, 1.82) is 0 Å². The number of rotatable bonds is 8. The van der Waals surface area contributed by atoms with Crippen LogP contribution in [0.5, 0.6) is 11.5 Å². The number of aryl methyl sites for hydroxylation is 1. The number of H-pyrrole nitrogens is 1. The zero-order valence-electron chi connectivity index (χ0n) is 19.7. The Balaban J connectivity index is 1.57. The number of nitrogens with zero attached hydrogens (tertiary/aromatic N) is 4. The van der Waals surface area contributed by atoms with Crippen LogP contribution in [0.4, 0.5) is 5.13 Å². The Morgan fingerprint density at radius 2 is 1.94 bits per heavy atom. The summed E-state index contributed by atoms with van der Waals surface area (Å²) in [4.78, 5) is 34.4. The summed E-state index contributed by atoms with van der Waals surface area (Å²) < 4.78 is 12.2. The monoisotopic (exact) mass is 522 g/mol. The van der Waals surface area contributed by atoms with Crippen LogP contribution in [0.3, 0.4) is 0 Å². The van der Waals surface area contributed by atoms with Gasteiger partial charge in [-0.15, -0.1) is 10.2 Å². The lowest BCUT2D eigenvalue weighted by Crippen LogP contribution is -2.23. The number of thioether (sulfide) groups is 1. The molecular weight excluding hydrogens is 500 g/mol. The number of carbonyl (C=O) groups is 1. The Bertz CT molecular complexity index is 1640. The molecule has 0 saturated carbocycles. The number of carbonyl (C=O) groups excluding carboxylic acids is 1. The van der Waals surface area contributed by atoms with E-state index in [4.69, 9.17) is 14.5 Å². The van der Waals surface area contributed by atoms with Gasteiger partial charge in [0.2, 0.25) is 11.0 Å². The zero-order valence-corrected chi connectivity index (χ0v) is 21.3. The van der Waals surface area contributed by atoms with Gasteiger partial charge in [0.1, 0.15) is 16.0 Å². The molecule has 3 heterocycles. The van der Waals surface area contributed by atoms with E-state index in [9.17, 15) is 9.59 Å². The second-order valence-corrected chi connectivity index (χ2v) is 9.66. The number of hydrogen-bond donors (Lipinski definition) is 2. The first-order valence-corrected chi connectivity index (χ1v) is 12.8. The number of para-hydroxylation sites is 1. The topological polar surface area (TPSA) is 124 Å². The van der Waals surface area contributed by atoms with Crippen LogP contribution in [-0.2, 0) is 11.2 Å². The van der Waals surface area contributed by atoms with Gasteiger partial charge in [-0.25, -0.2) is 4.98 Å². The van der Waals surface area contributed by atoms with Gasteiger partial charge in [-0.3, -0.25) is 19.5 Å². The Morgan fingerprint density at radius 1 is 1.14 bits per heavy atom. The predicted molar refractivity (Wildman–Crippen MR) is 141 cm³/mol. The molecule has 0 radical (unpaired) electrons. The van der Waals surface area contributed by atoms with Gasteiger partial charge in [0, 0.05) is 17.0 Å². The number of nitrogens with one attached hydrogen (secondary N) is 2. The first-order valence-electron chi connectivity index (χ1n) is 11.0. The summed E-state index contributed by atoms with van der Waals surface area (Å²) in [7, 11) is 3.07. The summed E-state index contributed by atoms with van der Waals surface area (Å²) >= 11 is 2.49. The van der Waals surface area contributed by atoms with Crippen molar-refractivity contribution in [2.24, 2.45) is 0 Å². The Kier molecular flexibility index (Phi) is 6.61. The van der Waals surface area contributed by atoms with Crippen LogP contribution < -0.4 is 20.3 Å². The van der Waals surface area contributed by atoms with Gasteiger partial charge in [-0.05, 0) is 24.6 Å². The van der Waals surface area contributed by atoms with E-state index in [2.05, 4.69) is 20.5 Å². The lowest BCUT2D eigenvalue weighted by Gasteiger charge is -2.14. The number of fused-ring (bicyclic) bond motifs is 3. The normalized spacial score (nSPS) is 11.2. The highest BCUT2D eigenvalue weighted by Crippen LogP contribution is 2.31. The van der Waals surface area contributed by atoms with Crippen LogP contribution in [-0.4, -0.2) is 50.6 Å². The molecule has 0 spiro atoms. The number of aromatic amines is 1. The number of aromatic nitrogens is 5. The third-order valence-electron chi connectivity index (χ3n) is 5.47. The zero-order chi connectivity index (χ0) is 25.2. The van der Waals surface area contributed by atoms with Crippen LogP contribution in [0.25, 0.3) is 27.6 Å². The minimum atomic E-state index is -0.289. The first-order chi connectivity index (χ1) is 17.5. The summed E-state index contributed by atoms with van der Waals surface area (Å²) in [5.41, 5.74) is 1.97. The molecule has 0 aliphatic rings. The standard InChI is InChI=1S/C24H22N6O4S2/c1-4-19-28-29-23(36-19)26-18(31)12-35-24-27-20-14-7-5-6-8-15(14)25-21(20)22(32)30(24)13-9-10-16(33-2)17(11-13)34-3/h5-11,25H,4,12H2,1-3H3,(H,26,29,31). The highest BCUT2D eigenvalue weighted by Gasteiger charge is 2.19. The highest BCUT2D eigenvalue weighted by atomic mass is 32.2. The number of anilines is 1. The van der Waals surface area contributed by atoms with E-state index in [1.54, 1.807) is 25.3 Å². The lowest BCUT2D eigenvalue weighted by atomic mass is 10.2. The summed E-state index contributed by atoms with van der Waals surface area (Å²) in [6.45, 7) is 1.97. The molecule has 184 valence electrons. The third kappa shape index (κ3) is 4.40. The van der Waals surface area contributed by atoms with E-state index in [-0.39, 0.29) is 17.2 Å². The Labute approximate surface area is 213 Å². The maximum atomic E-state index is 13.7. The average molecular weight is 523 g/mol. The van der Waals surface area contributed by atoms with Gasteiger partial charge < -0.3 is 14.5 Å². The van der Waals surface area contributed by atoms with Crippen molar-refractivity contribution in [3.63, 3.8) is 0 Å². The van der Waals surface area contributed by atoms with Gasteiger partial charge in [-0.2, -0.15) is 0 Å². The van der Waals surface area contributed by atoms with E-state index < -0.39 is 0 Å². The maximum absolute atomic E-state index is 13.7. The third-order valence-corrected chi connectivity index (χ3v) is 7.39. The molecule has 10 nitrogen and oxygen atoms in total. The van der Waals surface area contributed by atoms with Crippen molar-refractivity contribution < 1.29 is 14.3 Å². The van der Waals surface area contributed by atoms with E-state index in [1.165, 1.54) is 23.0 Å². The van der Waals surface area contributed by atoms with Crippen LogP contribution >= 0.6 is 23.1 Å². The minimum absolute atomic E-state index is 0.0225. The molecule has 5 rings (SSSR count). The largest absolute Gasteiger partial charge is 0.493 e. The first kappa shape index (κ1) is 23.8. The van der Waals surface area contributed by atoms with Crippen molar-refractivity contribution >= 4 is 56.1 Å². The molecule has 0 aliphatic heterocycles. The van der Waals surface area contributed by atoms with Gasteiger partial charge in [0.05, 0.1) is 25.7 Å². The lowest BCUT2D eigenvalue weighted by molar-refractivity contribution is -0.113. The number of methoxy groups -OCH3 is 2. The number of ether oxygens (including phenoxy) is 2. The Morgan fingerprint density at radius 3 is 2.69 bits per heavy atom. The maximum Gasteiger partial charge on any atom is 0.283 e. The molecule has 12 heteroatoms. The minimum Gasteiger partial charge on any atom is -0.493 e. The molecule has 0 atom stereocenters.